The molecule has 0 aliphatic rings. The van der Waals surface area contributed by atoms with E-state index in [9.17, 15) is 0 Å². The Bertz CT molecular complexity index is 571. The summed E-state index contributed by atoms with van der Waals surface area (Å²) < 4.78 is 1.09. The fraction of sp³-hybridized carbons (Fsp3) is 0.417. The van der Waals surface area contributed by atoms with E-state index in [0.29, 0.717) is 24.4 Å². The molecule has 6 nitrogen and oxygen atoms in total. The first-order chi connectivity index (χ1) is 9.58. The maximum atomic E-state index is 4.38. The summed E-state index contributed by atoms with van der Waals surface area (Å²) in [4.78, 5) is 16.1. The number of hydrogen-bond acceptors (Lipinski definition) is 7. The summed E-state index contributed by atoms with van der Waals surface area (Å²) in [5.74, 6) is 1.79. The number of nitrogens with zero attached hydrogens (tertiary/aromatic N) is 4. The summed E-state index contributed by atoms with van der Waals surface area (Å²) in [7, 11) is 3.82. The number of anilines is 3. The summed E-state index contributed by atoms with van der Waals surface area (Å²) in [5.41, 5.74) is 0. The minimum Gasteiger partial charge on any atom is -0.354 e. The van der Waals surface area contributed by atoms with E-state index in [-0.39, 0.29) is 0 Å². The first-order valence-electron chi connectivity index (χ1n) is 6.22. The molecule has 0 atom stereocenters. The highest BCUT2D eigenvalue weighted by Crippen LogP contribution is 2.20. The zero-order valence-electron chi connectivity index (χ0n) is 11.6. The highest BCUT2D eigenvalue weighted by Gasteiger charge is 2.08. The van der Waals surface area contributed by atoms with E-state index in [1.54, 1.807) is 11.3 Å². The van der Waals surface area contributed by atoms with Crippen LogP contribution in [0.5, 0.6) is 0 Å². The molecule has 2 rings (SSSR count). The van der Waals surface area contributed by atoms with Crippen LogP contribution in [-0.2, 0) is 6.54 Å². The van der Waals surface area contributed by atoms with Crippen molar-refractivity contribution in [1.82, 2.24) is 15.0 Å². The molecule has 0 amide bonds. The van der Waals surface area contributed by atoms with Gasteiger partial charge < -0.3 is 15.5 Å². The van der Waals surface area contributed by atoms with Crippen molar-refractivity contribution in [3.63, 3.8) is 0 Å². The van der Waals surface area contributed by atoms with Gasteiger partial charge in [-0.25, -0.2) is 0 Å². The van der Waals surface area contributed by atoms with Crippen LogP contribution in [0.4, 0.5) is 17.8 Å². The Morgan fingerprint density at radius 1 is 1.20 bits per heavy atom. The topological polar surface area (TPSA) is 66.0 Å². The summed E-state index contributed by atoms with van der Waals surface area (Å²) in [5, 5.41) is 8.40. The molecule has 8 heteroatoms. The third kappa shape index (κ3) is 4.04. The molecule has 2 aromatic rings. The second-order valence-electron chi connectivity index (χ2n) is 4.29. The molecule has 0 spiro atoms. The lowest BCUT2D eigenvalue weighted by Gasteiger charge is -2.13. The van der Waals surface area contributed by atoms with Crippen LogP contribution in [0.25, 0.3) is 0 Å². The van der Waals surface area contributed by atoms with Crippen LogP contribution in [0.2, 0.25) is 0 Å². The second kappa shape index (κ2) is 6.85. The average molecular weight is 357 g/mol. The van der Waals surface area contributed by atoms with Crippen LogP contribution in [0.15, 0.2) is 15.9 Å². The van der Waals surface area contributed by atoms with Gasteiger partial charge in [0.25, 0.3) is 0 Å². The van der Waals surface area contributed by atoms with E-state index in [1.165, 1.54) is 4.88 Å². The third-order valence-electron chi connectivity index (χ3n) is 2.40. The van der Waals surface area contributed by atoms with Crippen LogP contribution in [0.1, 0.15) is 11.8 Å². The largest absolute Gasteiger partial charge is 0.354 e. The quantitative estimate of drug-likeness (QED) is 0.829. The van der Waals surface area contributed by atoms with Gasteiger partial charge in [-0.3, -0.25) is 0 Å². The Morgan fingerprint density at radius 3 is 2.45 bits per heavy atom. The molecule has 0 aliphatic heterocycles. The lowest BCUT2D eigenvalue weighted by molar-refractivity contribution is 0.938. The Morgan fingerprint density at radius 2 is 1.90 bits per heavy atom. The first kappa shape index (κ1) is 15.0. The normalized spacial score (nSPS) is 10.4. The summed E-state index contributed by atoms with van der Waals surface area (Å²) >= 11 is 5.13. The van der Waals surface area contributed by atoms with Crippen molar-refractivity contribution >= 4 is 45.1 Å². The second-order valence-corrected chi connectivity index (χ2v) is 6.20. The fourth-order valence-corrected chi connectivity index (χ4v) is 2.88. The van der Waals surface area contributed by atoms with Gasteiger partial charge in [0.1, 0.15) is 0 Å². The zero-order chi connectivity index (χ0) is 14.5. The Kier molecular flexibility index (Phi) is 5.13. The molecule has 20 heavy (non-hydrogen) atoms. The van der Waals surface area contributed by atoms with Crippen LogP contribution < -0.4 is 15.5 Å². The van der Waals surface area contributed by atoms with Gasteiger partial charge in [-0.2, -0.15) is 15.0 Å². The van der Waals surface area contributed by atoms with Crippen molar-refractivity contribution in [3.8, 4) is 0 Å². The highest BCUT2D eigenvalue weighted by molar-refractivity contribution is 9.10. The minimum absolute atomic E-state index is 0.573. The van der Waals surface area contributed by atoms with Gasteiger partial charge in [0.2, 0.25) is 17.8 Å². The Balaban J connectivity index is 2.13. The van der Waals surface area contributed by atoms with Crippen molar-refractivity contribution < 1.29 is 0 Å². The number of hydrogen-bond donors (Lipinski definition) is 2. The smallest absolute Gasteiger partial charge is 0.231 e. The summed E-state index contributed by atoms with van der Waals surface area (Å²) in [6.45, 7) is 3.47. The van der Waals surface area contributed by atoms with Crippen molar-refractivity contribution in [2.24, 2.45) is 0 Å². The maximum absolute atomic E-state index is 4.38. The third-order valence-corrected chi connectivity index (χ3v) is 4.10. The number of nitrogens with one attached hydrogen (secondary N) is 2. The van der Waals surface area contributed by atoms with Crippen molar-refractivity contribution in [2.75, 3.05) is 36.2 Å². The molecule has 2 aromatic heterocycles. The van der Waals surface area contributed by atoms with E-state index in [4.69, 9.17) is 0 Å². The molecular weight excluding hydrogens is 340 g/mol. The first-order valence-corrected chi connectivity index (χ1v) is 7.89. The number of thiophene rings is 1. The SMILES string of the molecule is CCNc1nc(NCc2cc(Br)cs2)nc(N(C)C)n1. The Hall–Kier alpha value is -1.41. The average Bonchev–Trinajstić information content (AvgIpc) is 2.82. The molecule has 0 aliphatic carbocycles. The minimum atomic E-state index is 0.573. The monoisotopic (exact) mass is 356 g/mol. The van der Waals surface area contributed by atoms with Gasteiger partial charge in [-0.1, -0.05) is 0 Å². The van der Waals surface area contributed by atoms with E-state index in [0.717, 1.165) is 11.0 Å². The van der Waals surface area contributed by atoms with E-state index < -0.39 is 0 Å². The van der Waals surface area contributed by atoms with Gasteiger partial charge in [-0.15, -0.1) is 11.3 Å². The zero-order valence-corrected chi connectivity index (χ0v) is 14.0. The van der Waals surface area contributed by atoms with Crippen LogP contribution in [0, 0.1) is 0 Å². The molecule has 0 bridgehead atoms. The summed E-state index contributed by atoms with van der Waals surface area (Å²) in [6, 6.07) is 2.08. The lowest BCUT2D eigenvalue weighted by Crippen LogP contribution is -2.17. The summed E-state index contributed by atoms with van der Waals surface area (Å²) in [6.07, 6.45) is 0. The molecule has 0 radical (unpaired) electrons. The molecule has 0 fully saturated rings. The van der Waals surface area contributed by atoms with Crippen molar-refractivity contribution in [1.29, 1.82) is 0 Å². The molecular formula is C12H17BrN6S. The molecule has 108 valence electrons. The number of halogens is 1. The van der Waals surface area contributed by atoms with Crippen LogP contribution in [0.3, 0.4) is 0 Å². The maximum Gasteiger partial charge on any atom is 0.231 e. The van der Waals surface area contributed by atoms with Gasteiger partial charge in [0, 0.05) is 35.4 Å². The fourth-order valence-electron chi connectivity index (χ4n) is 1.49. The predicted molar refractivity (Wildman–Crippen MR) is 87.7 cm³/mol. The molecule has 2 heterocycles. The molecule has 2 N–H and O–H groups in total. The van der Waals surface area contributed by atoms with E-state index >= 15 is 0 Å². The molecule has 0 unspecified atom stereocenters. The van der Waals surface area contributed by atoms with Gasteiger partial charge in [-0.05, 0) is 28.9 Å². The molecule has 0 saturated heterocycles. The predicted octanol–water partition coefficient (Wildman–Crippen LogP) is 2.81. The van der Waals surface area contributed by atoms with Crippen LogP contribution >= 0.6 is 27.3 Å². The number of rotatable bonds is 6. The highest BCUT2D eigenvalue weighted by atomic mass is 79.9. The van der Waals surface area contributed by atoms with Crippen LogP contribution in [-0.4, -0.2) is 35.6 Å². The lowest BCUT2D eigenvalue weighted by atomic mass is 10.5. The molecule has 0 aromatic carbocycles. The van der Waals surface area contributed by atoms with Gasteiger partial charge in [0.05, 0.1) is 6.54 Å². The molecule has 0 saturated carbocycles. The van der Waals surface area contributed by atoms with Crippen molar-refractivity contribution in [3.05, 3.63) is 20.8 Å². The van der Waals surface area contributed by atoms with Crippen molar-refractivity contribution in [2.45, 2.75) is 13.5 Å². The number of aromatic nitrogens is 3. The van der Waals surface area contributed by atoms with E-state index in [2.05, 4.69) is 53.0 Å². The Labute approximate surface area is 130 Å². The van der Waals surface area contributed by atoms with Gasteiger partial charge >= 0.3 is 0 Å². The van der Waals surface area contributed by atoms with E-state index in [1.807, 2.05) is 25.9 Å². The standard InChI is InChI=1S/C12H17BrN6S/c1-4-14-10-16-11(18-12(17-10)19(2)3)15-6-9-5-8(13)7-20-9/h5,7H,4,6H2,1-3H3,(H2,14,15,16,17,18). The van der Waals surface area contributed by atoms with Gasteiger partial charge in [0.15, 0.2) is 0 Å².